The van der Waals surface area contributed by atoms with Crippen LogP contribution in [0.2, 0.25) is 0 Å². The molecule has 0 aromatic heterocycles. The lowest BCUT2D eigenvalue weighted by molar-refractivity contribution is 0.531. The van der Waals surface area contributed by atoms with Crippen molar-refractivity contribution in [3.63, 3.8) is 0 Å². The van der Waals surface area contributed by atoms with Gasteiger partial charge >= 0.3 is 0 Å². The normalized spacial score (nSPS) is 12.8. The third-order valence-corrected chi connectivity index (χ3v) is 1.71. The van der Waals surface area contributed by atoms with Crippen molar-refractivity contribution in [2.75, 3.05) is 0 Å². The Hall–Kier alpha value is -0.260. The molecule has 1 atom stereocenters. The van der Waals surface area contributed by atoms with Crippen molar-refractivity contribution in [2.45, 2.75) is 47.0 Å². The molecule has 10 heavy (non-hydrogen) atoms. The molecule has 60 valence electrons. The minimum atomic E-state index is 0.875. The van der Waals surface area contributed by atoms with E-state index in [0.717, 1.165) is 5.92 Å². The first-order valence-electron chi connectivity index (χ1n) is 4.30. The third-order valence-electron chi connectivity index (χ3n) is 1.71. The minimum Gasteiger partial charge on any atom is -0.0856 e. The van der Waals surface area contributed by atoms with Crippen molar-refractivity contribution >= 4 is 0 Å². The van der Waals surface area contributed by atoms with Crippen LogP contribution in [0.5, 0.6) is 0 Å². The van der Waals surface area contributed by atoms with Gasteiger partial charge in [-0.2, -0.15) is 0 Å². The molecule has 0 amide bonds. The summed E-state index contributed by atoms with van der Waals surface area (Å²) in [6.07, 6.45) is 6.28. The lowest BCUT2D eigenvalue weighted by Gasteiger charge is -2.05. The molecule has 0 fully saturated rings. The highest BCUT2D eigenvalue weighted by atomic mass is 14.0. The second kappa shape index (κ2) is 5.52. The Kier molecular flexibility index (Phi) is 5.38. The van der Waals surface area contributed by atoms with Gasteiger partial charge in [0.2, 0.25) is 0 Å². The van der Waals surface area contributed by atoms with Gasteiger partial charge in [0.05, 0.1) is 0 Å². The van der Waals surface area contributed by atoms with E-state index in [9.17, 15) is 0 Å². The minimum absolute atomic E-state index is 0.875. The highest BCUT2D eigenvalue weighted by molar-refractivity contribution is 4.93. The van der Waals surface area contributed by atoms with E-state index in [1.165, 1.54) is 24.8 Å². The maximum absolute atomic E-state index is 2.33. The lowest BCUT2D eigenvalue weighted by Crippen LogP contribution is -1.90. The summed E-state index contributed by atoms with van der Waals surface area (Å²) >= 11 is 0. The van der Waals surface area contributed by atoms with Gasteiger partial charge in [-0.1, -0.05) is 38.3 Å². The van der Waals surface area contributed by atoms with Gasteiger partial charge in [0.15, 0.2) is 0 Å². The van der Waals surface area contributed by atoms with E-state index in [2.05, 4.69) is 33.8 Å². The van der Waals surface area contributed by atoms with Gasteiger partial charge in [-0.15, -0.1) is 0 Å². The van der Waals surface area contributed by atoms with E-state index in [-0.39, 0.29) is 0 Å². The molecule has 0 nitrogen and oxygen atoms in total. The van der Waals surface area contributed by atoms with E-state index in [1.54, 1.807) is 0 Å². The van der Waals surface area contributed by atoms with Gasteiger partial charge in [-0.25, -0.2) is 0 Å². The zero-order valence-electron chi connectivity index (χ0n) is 7.78. The summed E-state index contributed by atoms with van der Waals surface area (Å²) in [6.45, 7) is 8.90. The van der Waals surface area contributed by atoms with E-state index >= 15 is 0 Å². The Balaban J connectivity index is 3.38. The average molecular weight is 140 g/mol. The van der Waals surface area contributed by atoms with Gasteiger partial charge in [-0.3, -0.25) is 0 Å². The second-order valence-electron chi connectivity index (χ2n) is 3.41. The molecule has 0 aliphatic rings. The van der Waals surface area contributed by atoms with Crippen LogP contribution in [-0.4, -0.2) is 0 Å². The maximum Gasteiger partial charge on any atom is -0.0322 e. The molecule has 0 aliphatic heterocycles. The van der Waals surface area contributed by atoms with Gasteiger partial charge in [0.1, 0.15) is 0 Å². The van der Waals surface area contributed by atoms with Crippen LogP contribution < -0.4 is 0 Å². The van der Waals surface area contributed by atoms with Crippen LogP contribution in [0.3, 0.4) is 0 Å². The van der Waals surface area contributed by atoms with Gasteiger partial charge in [0.25, 0.3) is 0 Å². The molecule has 0 heterocycles. The Labute approximate surface area is 65.3 Å². The van der Waals surface area contributed by atoms with Crippen molar-refractivity contribution < 1.29 is 0 Å². The fourth-order valence-corrected chi connectivity index (χ4v) is 1.05. The highest BCUT2D eigenvalue weighted by Crippen LogP contribution is 2.11. The highest BCUT2D eigenvalue weighted by Gasteiger charge is 1.96. The number of hydrogen-bond acceptors (Lipinski definition) is 0. The molecule has 0 heteroatoms. The fourth-order valence-electron chi connectivity index (χ4n) is 1.05. The topological polar surface area (TPSA) is 0 Å². The summed E-state index contributed by atoms with van der Waals surface area (Å²) in [6, 6.07) is 0. The standard InChI is InChI=1S/C10H20/c1-5-6-10(4)8-7-9(2)3/h7,10H,5-6,8H2,1-4H3. The number of allylic oxidation sites excluding steroid dienone is 2. The average Bonchev–Trinajstić information content (AvgIpc) is 1.85. The quantitative estimate of drug-likeness (QED) is 0.521. The molecule has 0 rings (SSSR count). The van der Waals surface area contributed by atoms with Crippen LogP contribution in [0.25, 0.3) is 0 Å². The van der Waals surface area contributed by atoms with Crippen LogP contribution in [0, 0.1) is 5.92 Å². The SMILES string of the molecule is CCCC(C)CC=C(C)C. The largest absolute Gasteiger partial charge is 0.0856 e. The van der Waals surface area contributed by atoms with Crippen molar-refractivity contribution in [2.24, 2.45) is 5.92 Å². The molecule has 0 saturated carbocycles. The smallest absolute Gasteiger partial charge is 0.0322 e. The zero-order valence-corrected chi connectivity index (χ0v) is 7.78. The number of hydrogen-bond donors (Lipinski definition) is 0. The monoisotopic (exact) mass is 140 g/mol. The Morgan fingerprint density at radius 2 is 2.00 bits per heavy atom. The Morgan fingerprint density at radius 1 is 1.40 bits per heavy atom. The summed E-state index contributed by atoms with van der Waals surface area (Å²) in [5.41, 5.74) is 1.45. The van der Waals surface area contributed by atoms with E-state index < -0.39 is 0 Å². The van der Waals surface area contributed by atoms with Crippen LogP contribution in [0.15, 0.2) is 11.6 Å². The second-order valence-corrected chi connectivity index (χ2v) is 3.41. The van der Waals surface area contributed by atoms with Crippen molar-refractivity contribution in [1.82, 2.24) is 0 Å². The molecule has 1 unspecified atom stereocenters. The van der Waals surface area contributed by atoms with E-state index in [1.807, 2.05) is 0 Å². The van der Waals surface area contributed by atoms with E-state index in [0.29, 0.717) is 0 Å². The first-order valence-corrected chi connectivity index (χ1v) is 4.30. The van der Waals surface area contributed by atoms with Crippen LogP contribution >= 0.6 is 0 Å². The molecule has 0 aromatic rings. The Bertz CT molecular complexity index is 96.6. The summed E-state index contributed by atoms with van der Waals surface area (Å²) in [5.74, 6) is 0.875. The molecule has 0 radical (unpaired) electrons. The molecule has 0 N–H and O–H groups in total. The van der Waals surface area contributed by atoms with Crippen molar-refractivity contribution in [1.29, 1.82) is 0 Å². The predicted octanol–water partition coefficient (Wildman–Crippen LogP) is 3.78. The van der Waals surface area contributed by atoms with Crippen LogP contribution in [-0.2, 0) is 0 Å². The molecular formula is C10H20. The maximum atomic E-state index is 2.33. The molecular weight excluding hydrogens is 120 g/mol. The van der Waals surface area contributed by atoms with Gasteiger partial charge < -0.3 is 0 Å². The van der Waals surface area contributed by atoms with Crippen LogP contribution in [0.1, 0.15) is 47.0 Å². The fraction of sp³-hybridized carbons (Fsp3) is 0.800. The molecule has 0 bridgehead atoms. The first-order chi connectivity index (χ1) is 4.66. The summed E-state index contributed by atoms with van der Waals surface area (Å²) in [5, 5.41) is 0. The molecule has 0 aliphatic carbocycles. The summed E-state index contributed by atoms with van der Waals surface area (Å²) in [4.78, 5) is 0. The molecule has 0 spiro atoms. The predicted molar refractivity (Wildman–Crippen MR) is 48.1 cm³/mol. The van der Waals surface area contributed by atoms with Gasteiger partial charge in [0, 0.05) is 0 Å². The molecule has 0 aromatic carbocycles. The summed E-state index contributed by atoms with van der Waals surface area (Å²) in [7, 11) is 0. The number of rotatable bonds is 4. The third kappa shape index (κ3) is 5.87. The zero-order chi connectivity index (χ0) is 7.98. The van der Waals surface area contributed by atoms with Crippen molar-refractivity contribution in [3.05, 3.63) is 11.6 Å². The molecule has 0 saturated heterocycles. The summed E-state index contributed by atoms with van der Waals surface area (Å²) < 4.78 is 0. The lowest BCUT2D eigenvalue weighted by atomic mass is 10.0. The van der Waals surface area contributed by atoms with Crippen molar-refractivity contribution in [3.8, 4) is 0 Å². The van der Waals surface area contributed by atoms with Crippen LogP contribution in [0.4, 0.5) is 0 Å². The Morgan fingerprint density at radius 3 is 2.40 bits per heavy atom. The van der Waals surface area contributed by atoms with E-state index in [4.69, 9.17) is 0 Å². The van der Waals surface area contributed by atoms with Gasteiger partial charge in [-0.05, 0) is 26.2 Å². The first kappa shape index (κ1) is 9.74.